The minimum atomic E-state index is 0. The lowest BCUT2D eigenvalue weighted by molar-refractivity contribution is -0.0509. The third kappa shape index (κ3) is 2.39. The second-order valence-electron chi connectivity index (χ2n) is 6.32. The lowest BCUT2D eigenvalue weighted by atomic mass is 9.49. The number of halogens is 1. The van der Waals surface area contributed by atoms with Crippen molar-refractivity contribution in [2.45, 2.75) is 38.5 Å². The summed E-state index contributed by atoms with van der Waals surface area (Å²) in [5.41, 5.74) is 0.706. The van der Waals surface area contributed by atoms with Gasteiger partial charge in [-0.2, -0.15) is 12.6 Å². The molecular weight excluding hydrogens is 238 g/mol. The van der Waals surface area contributed by atoms with Crippen LogP contribution in [0.3, 0.4) is 0 Å². The van der Waals surface area contributed by atoms with E-state index in [9.17, 15) is 0 Å². The van der Waals surface area contributed by atoms with Crippen molar-refractivity contribution in [3.05, 3.63) is 0 Å². The van der Waals surface area contributed by atoms with E-state index in [1.54, 1.807) is 19.3 Å². The first-order valence-electron chi connectivity index (χ1n) is 6.61. The van der Waals surface area contributed by atoms with Gasteiger partial charge in [0.05, 0.1) is 0 Å². The van der Waals surface area contributed by atoms with Crippen LogP contribution in [0.25, 0.3) is 0 Å². The van der Waals surface area contributed by atoms with Crippen LogP contribution in [0.5, 0.6) is 0 Å². The van der Waals surface area contributed by atoms with Gasteiger partial charge in [-0.3, -0.25) is 0 Å². The van der Waals surface area contributed by atoms with E-state index >= 15 is 0 Å². The fourth-order valence-corrected chi connectivity index (χ4v) is 5.10. The second kappa shape index (κ2) is 5.07. The number of thiol groups is 1. The van der Waals surface area contributed by atoms with Crippen molar-refractivity contribution in [3.63, 3.8) is 0 Å². The van der Waals surface area contributed by atoms with Crippen LogP contribution in [-0.4, -0.2) is 18.8 Å². The van der Waals surface area contributed by atoms with Crippen LogP contribution < -0.4 is 5.32 Å². The third-order valence-corrected chi connectivity index (χ3v) is 5.18. The summed E-state index contributed by atoms with van der Waals surface area (Å²) in [6, 6.07) is 0. The minimum absolute atomic E-state index is 0. The summed E-state index contributed by atoms with van der Waals surface area (Å²) in [5.74, 6) is 4.25. The molecule has 0 heterocycles. The van der Waals surface area contributed by atoms with E-state index in [-0.39, 0.29) is 12.4 Å². The Morgan fingerprint density at radius 2 is 1.50 bits per heavy atom. The van der Waals surface area contributed by atoms with Crippen LogP contribution in [0.4, 0.5) is 0 Å². The standard InChI is InChI=1S/C13H23NS.ClH/c15-2-1-14-9-13-6-10-3-11(7-13)5-12(4-10)8-13;/h10-12,14-15H,1-9H2;1H. The number of hydrogen-bond donors (Lipinski definition) is 2. The van der Waals surface area contributed by atoms with E-state index in [0.29, 0.717) is 5.41 Å². The van der Waals surface area contributed by atoms with E-state index < -0.39 is 0 Å². The van der Waals surface area contributed by atoms with Gasteiger partial charge in [-0.25, -0.2) is 0 Å². The zero-order chi connectivity index (χ0) is 10.3. The Hall–Kier alpha value is 0.600. The summed E-state index contributed by atoms with van der Waals surface area (Å²) >= 11 is 4.27. The summed E-state index contributed by atoms with van der Waals surface area (Å²) in [7, 11) is 0. The van der Waals surface area contributed by atoms with Crippen LogP contribution >= 0.6 is 25.0 Å². The Bertz CT molecular complexity index is 209. The smallest absolute Gasteiger partial charge is 0.00399 e. The molecule has 4 rings (SSSR count). The average Bonchev–Trinajstić information content (AvgIpc) is 2.15. The van der Waals surface area contributed by atoms with Crippen molar-refractivity contribution in [2.75, 3.05) is 18.8 Å². The van der Waals surface area contributed by atoms with Crippen LogP contribution in [0.15, 0.2) is 0 Å². The van der Waals surface area contributed by atoms with Crippen molar-refractivity contribution >= 4 is 25.0 Å². The first-order chi connectivity index (χ1) is 7.30. The lowest BCUT2D eigenvalue weighted by Gasteiger charge is -2.57. The van der Waals surface area contributed by atoms with Gasteiger partial charge in [-0.05, 0) is 61.7 Å². The molecule has 1 N–H and O–H groups in total. The van der Waals surface area contributed by atoms with E-state index in [1.165, 1.54) is 25.8 Å². The molecule has 1 nitrogen and oxygen atoms in total. The molecule has 94 valence electrons. The van der Waals surface area contributed by atoms with Crippen molar-refractivity contribution in [2.24, 2.45) is 23.2 Å². The van der Waals surface area contributed by atoms with Crippen molar-refractivity contribution in [1.29, 1.82) is 0 Å². The molecule has 0 unspecified atom stereocenters. The molecule has 0 saturated heterocycles. The fourth-order valence-electron chi connectivity index (χ4n) is 4.94. The predicted molar refractivity (Wildman–Crippen MR) is 74.6 cm³/mol. The molecule has 0 amide bonds. The van der Waals surface area contributed by atoms with Crippen molar-refractivity contribution in [3.8, 4) is 0 Å². The summed E-state index contributed by atoms with van der Waals surface area (Å²) in [6.07, 6.45) is 9.26. The van der Waals surface area contributed by atoms with E-state index in [2.05, 4.69) is 17.9 Å². The largest absolute Gasteiger partial charge is 0.315 e. The minimum Gasteiger partial charge on any atom is -0.315 e. The maximum Gasteiger partial charge on any atom is 0.00399 e. The molecule has 4 aliphatic carbocycles. The highest BCUT2D eigenvalue weighted by atomic mass is 35.5. The molecule has 4 fully saturated rings. The van der Waals surface area contributed by atoms with E-state index in [4.69, 9.17) is 0 Å². The fraction of sp³-hybridized carbons (Fsp3) is 1.00. The van der Waals surface area contributed by atoms with Gasteiger partial charge in [0, 0.05) is 18.8 Å². The van der Waals surface area contributed by atoms with Crippen molar-refractivity contribution in [1.82, 2.24) is 5.32 Å². The molecular formula is C13H24ClNS. The molecule has 4 saturated carbocycles. The normalized spacial score (nSPS) is 44.4. The van der Waals surface area contributed by atoms with Gasteiger partial charge in [0.15, 0.2) is 0 Å². The second-order valence-corrected chi connectivity index (χ2v) is 6.77. The maximum absolute atomic E-state index is 4.27. The average molecular weight is 262 g/mol. The highest BCUT2D eigenvalue weighted by Crippen LogP contribution is 2.59. The van der Waals surface area contributed by atoms with Crippen LogP contribution in [0, 0.1) is 23.2 Å². The number of rotatable bonds is 4. The molecule has 0 aromatic heterocycles. The Morgan fingerprint density at radius 1 is 1.00 bits per heavy atom. The summed E-state index contributed by atoms with van der Waals surface area (Å²) < 4.78 is 0. The molecule has 4 bridgehead atoms. The van der Waals surface area contributed by atoms with Gasteiger partial charge < -0.3 is 5.32 Å². The molecule has 0 atom stereocenters. The monoisotopic (exact) mass is 261 g/mol. The molecule has 0 aliphatic heterocycles. The highest BCUT2D eigenvalue weighted by molar-refractivity contribution is 7.80. The van der Waals surface area contributed by atoms with Crippen LogP contribution in [-0.2, 0) is 0 Å². The van der Waals surface area contributed by atoms with Crippen LogP contribution in [0.1, 0.15) is 38.5 Å². The zero-order valence-electron chi connectivity index (χ0n) is 9.95. The molecule has 4 aliphatic rings. The molecule has 16 heavy (non-hydrogen) atoms. The molecule has 0 aromatic carbocycles. The highest BCUT2D eigenvalue weighted by Gasteiger charge is 2.50. The summed E-state index contributed by atoms with van der Waals surface area (Å²) in [6.45, 7) is 2.36. The van der Waals surface area contributed by atoms with Crippen LogP contribution in [0.2, 0.25) is 0 Å². The topological polar surface area (TPSA) is 12.0 Å². The van der Waals surface area contributed by atoms with E-state index in [1.807, 2.05) is 0 Å². The maximum atomic E-state index is 4.27. The first kappa shape index (κ1) is 13.0. The van der Waals surface area contributed by atoms with Crippen molar-refractivity contribution < 1.29 is 0 Å². The Kier molecular flexibility index (Phi) is 4.14. The molecule has 3 heteroatoms. The number of nitrogens with one attached hydrogen (secondary N) is 1. The molecule has 0 radical (unpaired) electrons. The lowest BCUT2D eigenvalue weighted by Crippen LogP contribution is -2.50. The Labute approximate surface area is 111 Å². The third-order valence-electron chi connectivity index (χ3n) is 4.95. The Balaban J connectivity index is 0.000000963. The summed E-state index contributed by atoms with van der Waals surface area (Å²) in [5, 5.41) is 3.62. The van der Waals surface area contributed by atoms with Gasteiger partial charge in [-0.1, -0.05) is 0 Å². The van der Waals surface area contributed by atoms with Gasteiger partial charge in [0.25, 0.3) is 0 Å². The van der Waals surface area contributed by atoms with Gasteiger partial charge in [0.2, 0.25) is 0 Å². The molecule has 0 spiro atoms. The number of hydrogen-bond acceptors (Lipinski definition) is 2. The van der Waals surface area contributed by atoms with Gasteiger partial charge in [-0.15, -0.1) is 12.4 Å². The molecule has 0 aromatic rings. The van der Waals surface area contributed by atoms with Gasteiger partial charge in [0.1, 0.15) is 0 Å². The van der Waals surface area contributed by atoms with E-state index in [0.717, 1.165) is 30.1 Å². The zero-order valence-corrected chi connectivity index (χ0v) is 11.7. The van der Waals surface area contributed by atoms with Gasteiger partial charge >= 0.3 is 0 Å². The Morgan fingerprint density at radius 3 is 1.94 bits per heavy atom. The predicted octanol–water partition coefficient (Wildman–Crippen LogP) is 3.14. The quantitative estimate of drug-likeness (QED) is 0.585. The summed E-state index contributed by atoms with van der Waals surface area (Å²) in [4.78, 5) is 0. The first-order valence-corrected chi connectivity index (χ1v) is 7.24. The SMILES string of the molecule is Cl.SCCNCC12CC3CC(CC(C3)C1)C2.